The Bertz CT molecular complexity index is 1170. The van der Waals surface area contributed by atoms with E-state index in [0.29, 0.717) is 10.7 Å². The van der Waals surface area contributed by atoms with Crippen molar-refractivity contribution in [2.75, 3.05) is 5.32 Å². The van der Waals surface area contributed by atoms with Crippen LogP contribution in [0.25, 0.3) is 11.0 Å². The van der Waals surface area contributed by atoms with Crippen molar-refractivity contribution in [2.45, 2.75) is 36.9 Å². The number of nitrogens with zero attached hydrogens (tertiary/aromatic N) is 5. The minimum absolute atomic E-state index is 0.202. The summed E-state index contributed by atoms with van der Waals surface area (Å²) in [4.78, 5) is 26.6. The molecule has 0 saturated carbocycles. The van der Waals surface area contributed by atoms with Crippen LogP contribution in [0.2, 0.25) is 0 Å². The molecule has 1 amide bonds. The molecular weight excluding hydrogens is 384 g/mol. The van der Waals surface area contributed by atoms with E-state index in [1.807, 2.05) is 49.7 Å². The van der Waals surface area contributed by atoms with E-state index in [1.54, 1.807) is 30.9 Å². The van der Waals surface area contributed by atoms with E-state index >= 15 is 0 Å². The number of rotatable bonds is 5. The number of benzene rings is 1. The molecule has 0 atom stereocenters. The molecule has 8 heteroatoms. The number of carbonyl (C=O) groups excluding carboxylic acids is 1. The van der Waals surface area contributed by atoms with Crippen LogP contribution >= 0.6 is 11.8 Å². The summed E-state index contributed by atoms with van der Waals surface area (Å²) in [5.41, 5.74) is 2.99. The van der Waals surface area contributed by atoms with E-state index in [4.69, 9.17) is 0 Å². The number of nitrogens with one attached hydrogen (secondary N) is 1. The van der Waals surface area contributed by atoms with Crippen LogP contribution in [-0.2, 0) is 0 Å². The predicted octanol–water partition coefficient (Wildman–Crippen LogP) is 4.51. The van der Waals surface area contributed by atoms with Crippen molar-refractivity contribution in [3.63, 3.8) is 0 Å². The van der Waals surface area contributed by atoms with Crippen LogP contribution in [0.5, 0.6) is 0 Å². The van der Waals surface area contributed by atoms with Crippen molar-refractivity contribution >= 4 is 34.4 Å². The molecular formula is C21H20N6OS. The lowest BCUT2D eigenvalue weighted by atomic mass is 10.1. The fourth-order valence-electron chi connectivity index (χ4n) is 2.92. The predicted molar refractivity (Wildman–Crippen MR) is 113 cm³/mol. The van der Waals surface area contributed by atoms with Crippen LogP contribution < -0.4 is 5.32 Å². The Balaban J connectivity index is 1.51. The number of amides is 1. The second-order valence-electron chi connectivity index (χ2n) is 6.88. The summed E-state index contributed by atoms with van der Waals surface area (Å²) in [5.74, 6) is -0.202. The van der Waals surface area contributed by atoms with Crippen molar-refractivity contribution in [1.82, 2.24) is 24.7 Å². The molecule has 3 heterocycles. The SMILES string of the molecule is Cc1cc(Sc2ncccn2)ccc1NC(=O)c1cnc2c(cnn2C(C)C)c1. The summed E-state index contributed by atoms with van der Waals surface area (Å²) in [5, 5.41) is 8.84. The van der Waals surface area contributed by atoms with Gasteiger partial charge in [0.25, 0.3) is 5.91 Å². The van der Waals surface area contributed by atoms with Crippen LogP contribution in [0.15, 0.2) is 65.2 Å². The third kappa shape index (κ3) is 4.12. The van der Waals surface area contributed by atoms with Crippen LogP contribution in [0.4, 0.5) is 5.69 Å². The van der Waals surface area contributed by atoms with Gasteiger partial charge in [0.15, 0.2) is 10.8 Å². The molecule has 3 aromatic heterocycles. The summed E-state index contributed by atoms with van der Waals surface area (Å²) < 4.78 is 1.84. The maximum Gasteiger partial charge on any atom is 0.257 e. The molecule has 4 aromatic rings. The Kier molecular flexibility index (Phi) is 5.26. The Labute approximate surface area is 172 Å². The standard InChI is InChI=1S/C21H20N6OS/c1-13(2)27-19-15(12-25-27)10-16(11-24-19)20(28)26-18-6-5-17(9-14(18)3)29-21-22-7-4-8-23-21/h4-13H,1-3H3,(H,26,28). The van der Waals surface area contributed by atoms with Gasteiger partial charge in [-0.25, -0.2) is 19.6 Å². The molecule has 0 unspecified atom stereocenters. The molecule has 29 heavy (non-hydrogen) atoms. The second kappa shape index (κ2) is 8.00. The average Bonchev–Trinajstić information content (AvgIpc) is 3.14. The first-order valence-corrected chi connectivity index (χ1v) is 10.0. The summed E-state index contributed by atoms with van der Waals surface area (Å²) in [6.07, 6.45) is 6.76. The quantitative estimate of drug-likeness (QED) is 0.493. The van der Waals surface area contributed by atoms with Gasteiger partial charge in [-0.1, -0.05) is 0 Å². The third-order valence-corrected chi connectivity index (χ3v) is 5.27. The summed E-state index contributed by atoms with van der Waals surface area (Å²) in [6.45, 7) is 6.05. The van der Waals surface area contributed by atoms with E-state index in [9.17, 15) is 4.79 Å². The molecule has 1 aromatic carbocycles. The normalized spacial score (nSPS) is 11.2. The van der Waals surface area contributed by atoms with Gasteiger partial charge in [-0.05, 0) is 68.4 Å². The number of anilines is 1. The lowest BCUT2D eigenvalue weighted by molar-refractivity contribution is 0.102. The van der Waals surface area contributed by atoms with E-state index in [2.05, 4.69) is 25.4 Å². The first kappa shape index (κ1) is 19.1. The highest BCUT2D eigenvalue weighted by Crippen LogP contribution is 2.28. The van der Waals surface area contributed by atoms with Crippen LogP contribution in [0.3, 0.4) is 0 Å². The number of hydrogen-bond acceptors (Lipinski definition) is 6. The number of aryl methyl sites for hydroxylation is 1. The van der Waals surface area contributed by atoms with Crippen LogP contribution in [0.1, 0.15) is 35.8 Å². The van der Waals surface area contributed by atoms with Crippen LogP contribution in [0, 0.1) is 6.92 Å². The van der Waals surface area contributed by atoms with Gasteiger partial charge >= 0.3 is 0 Å². The van der Waals surface area contributed by atoms with Gasteiger partial charge in [0.05, 0.1) is 11.8 Å². The monoisotopic (exact) mass is 404 g/mol. The molecule has 4 rings (SSSR count). The van der Waals surface area contributed by atoms with E-state index in [1.165, 1.54) is 11.8 Å². The van der Waals surface area contributed by atoms with Gasteiger partial charge in [-0.15, -0.1) is 0 Å². The Morgan fingerprint density at radius 3 is 2.62 bits per heavy atom. The molecule has 0 spiro atoms. The van der Waals surface area contributed by atoms with Crippen molar-refractivity contribution in [1.29, 1.82) is 0 Å². The Morgan fingerprint density at radius 1 is 1.10 bits per heavy atom. The molecule has 0 aliphatic rings. The Morgan fingerprint density at radius 2 is 1.90 bits per heavy atom. The van der Waals surface area contributed by atoms with Gasteiger partial charge in [-0.2, -0.15) is 5.10 Å². The number of carbonyl (C=O) groups is 1. The number of hydrogen-bond donors (Lipinski definition) is 1. The lowest BCUT2D eigenvalue weighted by Gasteiger charge is -2.10. The highest BCUT2D eigenvalue weighted by atomic mass is 32.2. The minimum Gasteiger partial charge on any atom is -0.322 e. The number of pyridine rings is 1. The highest BCUT2D eigenvalue weighted by molar-refractivity contribution is 7.99. The van der Waals surface area contributed by atoms with Crippen LogP contribution in [-0.4, -0.2) is 30.6 Å². The molecule has 146 valence electrons. The average molecular weight is 404 g/mol. The van der Waals surface area contributed by atoms with Crippen molar-refractivity contribution in [3.8, 4) is 0 Å². The summed E-state index contributed by atoms with van der Waals surface area (Å²) >= 11 is 1.48. The summed E-state index contributed by atoms with van der Waals surface area (Å²) in [7, 11) is 0. The van der Waals surface area contributed by atoms with Gasteiger partial charge in [0, 0.05) is 40.6 Å². The fourth-order valence-corrected chi connectivity index (χ4v) is 3.73. The third-order valence-electron chi connectivity index (χ3n) is 4.38. The van der Waals surface area contributed by atoms with Crippen molar-refractivity contribution < 1.29 is 4.79 Å². The molecule has 0 saturated heterocycles. The lowest BCUT2D eigenvalue weighted by Crippen LogP contribution is -2.13. The highest BCUT2D eigenvalue weighted by Gasteiger charge is 2.13. The minimum atomic E-state index is -0.202. The first-order valence-electron chi connectivity index (χ1n) is 9.21. The topological polar surface area (TPSA) is 85.6 Å². The van der Waals surface area contributed by atoms with Gasteiger partial charge < -0.3 is 5.32 Å². The zero-order valence-corrected chi connectivity index (χ0v) is 17.1. The molecule has 0 aliphatic heterocycles. The number of aromatic nitrogens is 5. The zero-order chi connectivity index (χ0) is 20.4. The van der Waals surface area contributed by atoms with E-state index in [-0.39, 0.29) is 11.9 Å². The van der Waals surface area contributed by atoms with E-state index in [0.717, 1.165) is 27.2 Å². The van der Waals surface area contributed by atoms with Gasteiger partial charge in [0.1, 0.15) is 0 Å². The largest absolute Gasteiger partial charge is 0.322 e. The molecule has 0 radical (unpaired) electrons. The van der Waals surface area contributed by atoms with Crippen molar-refractivity contribution in [3.05, 3.63) is 66.2 Å². The molecule has 7 nitrogen and oxygen atoms in total. The second-order valence-corrected chi connectivity index (χ2v) is 7.92. The van der Waals surface area contributed by atoms with Gasteiger partial charge in [0.2, 0.25) is 0 Å². The zero-order valence-electron chi connectivity index (χ0n) is 16.3. The maximum absolute atomic E-state index is 12.7. The fraction of sp³-hybridized carbons (Fsp3) is 0.190. The molecule has 0 aliphatic carbocycles. The first-order chi connectivity index (χ1) is 14.0. The molecule has 0 bridgehead atoms. The summed E-state index contributed by atoms with van der Waals surface area (Å²) in [6, 6.07) is 9.65. The van der Waals surface area contributed by atoms with E-state index < -0.39 is 0 Å². The Hall–Kier alpha value is -3.26. The smallest absolute Gasteiger partial charge is 0.257 e. The van der Waals surface area contributed by atoms with Gasteiger partial charge in [-0.3, -0.25) is 4.79 Å². The van der Waals surface area contributed by atoms with Crippen molar-refractivity contribution in [2.24, 2.45) is 0 Å². The molecule has 1 N–H and O–H groups in total. The molecule has 0 fully saturated rings. The number of fused-ring (bicyclic) bond motifs is 1. The maximum atomic E-state index is 12.7.